The van der Waals surface area contributed by atoms with Gasteiger partial charge in [0, 0.05) is 12.1 Å². The van der Waals surface area contributed by atoms with Crippen LogP contribution in [0.1, 0.15) is 51.4 Å². The summed E-state index contributed by atoms with van der Waals surface area (Å²) in [5.41, 5.74) is 0.480. The zero-order valence-electron chi connectivity index (χ0n) is 11.1. The minimum atomic E-state index is 0.480. The Morgan fingerprint density at radius 3 is 2.50 bits per heavy atom. The van der Waals surface area contributed by atoms with Crippen LogP contribution in [-0.4, -0.2) is 37.6 Å². The first-order valence-corrected chi connectivity index (χ1v) is 7.15. The second-order valence-electron chi connectivity index (χ2n) is 5.85. The Balaban J connectivity index is 2.11. The number of hydrogen-bond donors (Lipinski definition) is 1. The molecule has 0 radical (unpaired) electrons. The summed E-state index contributed by atoms with van der Waals surface area (Å²) in [4.78, 5) is 2.67. The van der Waals surface area contributed by atoms with Gasteiger partial charge in [0.2, 0.25) is 0 Å². The topological polar surface area (TPSA) is 15.3 Å². The van der Waals surface area contributed by atoms with Gasteiger partial charge >= 0.3 is 0 Å². The van der Waals surface area contributed by atoms with E-state index in [4.69, 9.17) is 0 Å². The summed E-state index contributed by atoms with van der Waals surface area (Å²) in [7, 11) is 4.47. The van der Waals surface area contributed by atoms with Crippen LogP contribution in [0.15, 0.2) is 0 Å². The first kappa shape index (κ1) is 12.4. The summed E-state index contributed by atoms with van der Waals surface area (Å²) in [5, 5.41) is 3.46. The fraction of sp³-hybridized carbons (Fsp3) is 1.00. The summed E-state index contributed by atoms with van der Waals surface area (Å²) >= 11 is 0. The van der Waals surface area contributed by atoms with Crippen molar-refractivity contribution in [3.63, 3.8) is 0 Å². The van der Waals surface area contributed by atoms with Gasteiger partial charge in [-0.25, -0.2) is 0 Å². The lowest BCUT2D eigenvalue weighted by atomic mass is 9.69. The number of likely N-dealkylation sites (tertiary alicyclic amines) is 1. The van der Waals surface area contributed by atoms with Crippen molar-refractivity contribution in [3.05, 3.63) is 0 Å². The molecule has 16 heavy (non-hydrogen) atoms. The molecule has 1 aliphatic heterocycles. The van der Waals surface area contributed by atoms with E-state index in [1.807, 2.05) is 0 Å². The average molecular weight is 224 g/mol. The predicted molar refractivity (Wildman–Crippen MR) is 69.7 cm³/mol. The highest BCUT2D eigenvalue weighted by Gasteiger charge is 2.42. The van der Waals surface area contributed by atoms with Gasteiger partial charge in [-0.2, -0.15) is 0 Å². The normalized spacial score (nSPS) is 34.1. The third kappa shape index (κ3) is 2.28. The lowest BCUT2D eigenvalue weighted by molar-refractivity contribution is 0.00383. The van der Waals surface area contributed by atoms with Crippen molar-refractivity contribution in [2.45, 2.75) is 56.9 Å². The van der Waals surface area contributed by atoms with Gasteiger partial charge in [-0.3, -0.25) is 4.90 Å². The molecular weight excluding hydrogens is 196 g/mol. The summed E-state index contributed by atoms with van der Waals surface area (Å²) in [5.74, 6) is 0.944. The zero-order chi connectivity index (χ0) is 11.4. The van der Waals surface area contributed by atoms with Gasteiger partial charge in [-0.1, -0.05) is 25.7 Å². The van der Waals surface area contributed by atoms with E-state index in [9.17, 15) is 0 Å². The van der Waals surface area contributed by atoms with Gasteiger partial charge in [0.05, 0.1) is 0 Å². The van der Waals surface area contributed by atoms with E-state index in [-0.39, 0.29) is 0 Å². The van der Waals surface area contributed by atoms with E-state index in [0.717, 1.165) is 5.92 Å². The minimum Gasteiger partial charge on any atom is -0.318 e. The maximum absolute atomic E-state index is 3.46. The summed E-state index contributed by atoms with van der Waals surface area (Å²) in [6.45, 7) is 2.49. The van der Waals surface area contributed by atoms with Gasteiger partial charge in [0.25, 0.3) is 0 Å². The van der Waals surface area contributed by atoms with Crippen molar-refractivity contribution in [1.82, 2.24) is 10.2 Å². The van der Waals surface area contributed by atoms with Crippen molar-refractivity contribution >= 4 is 0 Å². The van der Waals surface area contributed by atoms with Gasteiger partial charge in [-0.05, 0) is 52.2 Å². The number of likely N-dealkylation sites (N-methyl/N-ethyl adjacent to an activating group) is 2. The molecule has 1 saturated heterocycles. The second-order valence-corrected chi connectivity index (χ2v) is 5.85. The van der Waals surface area contributed by atoms with Gasteiger partial charge in [-0.15, -0.1) is 0 Å². The molecule has 0 aromatic heterocycles. The molecule has 1 atom stereocenters. The highest BCUT2D eigenvalue weighted by molar-refractivity contribution is 4.99. The van der Waals surface area contributed by atoms with Crippen LogP contribution < -0.4 is 5.32 Å². The van der Waals surface area contributed by atoms with Crippen LogP contribution in [0.25, 0.3) is 0 Å². The Bertz CT molecular complexity index is 207. The Morgan fingerprint density at radius 1 is 1.12 bits per heavy atom. The smallest absolute Gasteiger partial charge is 0.0358 e. The van der Waals surface area contributed by atoms with E-state index >= 15 is 0 Å². The highest BCUT2D eigenvalue weighted by Crippen LogP contribution is 2.41. The largest absolute Gasteiger partial charge is 0.318 e. The predicted octanol–water partition coefficient (Wildman–Crippen LogP) is 2.64. The molecule has 0 bridgehead atoms. The molecule has 1 saturated carbocycles. The maximum Gasteiger partial charge on any atom is 0.0358 e. The van der Waals surface area contributed by atoms with Crippen molar-refractivity contribution in [2.75, 3.05) is 27.2 Å². The molecule has 0 amide bonds. The third-order valence-electron chi connectivity index (χ3n) is 4.96. The molecule has 1 aliphatic carbocycles. The molecule has 1 unspecified atom stereocenters. The minimum absolute atomic E-state index is 0.480. The number of nitrogens with one attached hydrogen (secondary N) is 1. The van der Waals surface area contributed by atoms with E-state index < -0.39 is 0 Å². The summed E-state index contributed by atoms with van der Waals surface area (Å²) in [6.07, 6.45) is 11.6. The molecule has 2 aliphatic rings. The SMILES string of the molecule is CNCC1(C2CCCCC2)CCCCN1C. The monoisotopic (exact) mass is 224 g/mol. The fourth-order valence-corrected chi connectivity index (χ4v) is 4.02. The Hall–Kier alpha value is -0.0800. The summed E-state index contributed by atoms with van der Waals surface area (Å²) < 4.78 is 0. The lowest BCUT2D eigenvalue weighted by Gasteiger charge is -2.51. The Morgan fingerprint density at radius 2 is 1.88 bits per heavy atom. The van der Waals surface area contributed by atoms with E-state index in [1.165, 1.54) is 64.5 Å². The Kier molecular flexibility index (Phi) is 4.26. The molecular formula is C14H28N2. The maximum atomic E-state index is 3.46. The third-order valence-corrected chi connectivity index (χ3v) is 4.96. The van der Waals surface area contributed by atoms with Crippen molar-refractivity contribution in [2.24, 2.45) is 5.92 Å². The Labute approximate surface area is 101 Å². The van der Waals surface area contributed by atoms with E-state index in [0.29, 0.717) is 5.54 Å². The summed E-state index contributed by atoms with van der Waals surface area (Å²) in [6, 6.07) is 0. The number of nitrogens with zero attached hydrogens (tertiary/aromatic N) is 1. The quantitative estimate of drug-likeness (QED) is 0.793. The molecule has 2 rings (SSSR count). The molecule has 0 aromatic carbocycles. The van der Waals surface area contributed by atoms with Crippen LogP contribution >= 0.6 is 0 Å². The number of piperidine rings is 1. The zero-order valence-corrected chi connectivity index (χ0v) is 11.1. The number of hydrogen-bond acceptors (Lipinski definition) is 2. The van der Waals surface area contributed by atoms with Crippen molar-refractivity contribution in [1.29, 1.82) is 0 Å². The lowest BCUT2D eigenvalue weighted by Crippen LogP contribution is -2.60. The molecule has 1 N–H and O–H groups in total. The highest BCUT2D eigenvalue weighted by atomic mass is 15.2. The first-order valence-electron chi connectivity index (χ1n) is 7.15. The standard InChI is InChI=1S/C14H28N2/c1-15-12-14(10-6-7-11-16(14)2)13-8-4-3-5-9-13/h13,15H,3-12H2,1-2H3. The molecule has 2 nitrogen and oxygen atoms in total. The second kappa shape index (κ2) is 5.50. The van der Waals surface area contributed by atoms with E-state index in [1.54, 1.807) is 0 Å². The number of rotatable bonds is 3. The molecule has 1 heterocycles. The van der Waals surface area contributed by atoms with E-state index in [2.05, 4.69) is 24.3 Å². The molecule has 0 aromatic rings. The average Bonchev–Trinajstić information content (AvgIpc) is 2.34. The van der Waals surface area contributed by atoms with Crippen molar-refractivity contribution in [3.8, 4) is 0 Å². The fourth-order valence-electron chi connectivity index (χ4n) is 4.02. The van der Waals surface area contributed by atoms with Crippen LogP contribution in [0.2, 0.25) is 0 Å². The van der Waals surface area contributed by atoms with Crippen LogP contribution in [0, 0.1) is 5.92 Å². The molecule has 2 heteroatoms. The van der Waals surface area contributed by atoms with Crippen LogP contribution in [-0.2, 0) is 0 Å². The van der Waals surface area contributed by atoms with Gasteiger partial charge < -0.3 is 5.32 Å². The van der Waals surface area contributed by atoms with Crippen LogP contribution in [0.4, 0.5) is 0 Å². The molecule has 0 spiro atoms. The van der Waals surface area contributed by atoms with Crippen LogP contribution in [0.3, 0.4) is 0 Å². The first-order chi connectivity index (χ1) is 7.79. The molecule has 94 valence electrons. The van der Waals surface area contributed by atoms with Crippen molar-refractivity contribution < 1.29 is 0 Å². The molecule has 2 fully saturated rings. The van der Waals surface area contributed by atoms with Gasteiger partial charge in [0.15, 0.2) is 0 Å². The van der Waals surface area contributed by atoms with Gasteiger partial charge in [0.1, 0.15) is 0 Å². The van der Waals surface area contributed by atoms with Crippen LogP contribution in [0.5, 0.6) is 0 Å².